The second kappa shape index (κ2) is 7.71. The molecular weight excluding hydrogens is 268 g/mol. The average Bonchev–Trinajstić information content (AvgIpc) is 3.02. The van der Waals surface area contributed by atoms with E-state index in [0.29, 0.717) is 13.2 Å². The highest BCUT2D eigenvalue weighted by atomic mass is 16.5. The Morgan fingerprint density at radius 2 is 1.81 bits per heavy atom. The molecule has 5 heteroatoms. The molecule has 0 aliphatic rings. The maximum atomic E-state index is 5.94. The molecule has 0 amide bonds. The zero-order valence-corrected chi connectivity index (χ0v) is 12.5. The van der Waals surface area contributed by atoms with Crippen molar-refractivity contribution in [1.29, 1.82) is 0 Å². The van der Waals surface area contributed by atoms with Gasteiger partial charge in [0.05, 0.1) is 25.7 Å². The molecule has 0 radical (unpaired) electrons. The molecule has 1 heterocycles. The maximum absolute atomic E-state index is 5.94. The van der Waals surface area contributed by atoms with Crippen LogP contribution in [-0.2, 0) is 9.47 Å². The number of rotatable bonds is 8. The van der Waals surface area contributed by atoms with Gasteiger partial charge < -0.3 is 24.5 Å². The summed E-state index contributed by atoms with van der Waals surface area (Å²) in [6, 6.07) is 7.84. The molecule has 1 aromatic heterocycles. The van der Waals surface area contributed by atoms with Gasteiger partial charge in [-0.2, -0.15) is 0 Å². The summed E-state index contributed by atoms with van der Waals surface area (Å²) < 4.78 is 15.6. The first-order valence-electron chi connectivity index (χ1n) is 6.91. The van der Waals surface area contributed by atoms with Crippen molar-refractivity contribution in [1.82, 2.24) is 0 Å². The lowest BCUT2D eigenvalue weighted by molar-refractivity contribution is 0.190. The van der Waals surface area contributed by atoms with Gasteiger partial charge >= 0.3 is 0 Å². The van der Waals surface area contributed by atoms with Crippen LogP contribution in [0.5, 0.6) is 0 Å². The van der Waals surface area contributed by atoms with Crippen LogP contribution in [0.3, 0.4) is 0 Å². The van der Waals surface area contributed by atoms with Gasteiger partial charge in [0.25, 0.3) is 0 Å². The molecule has 0 spiro atoms. The molecule has 2 rings (SSSR count). The summed E-state index contributed by atoms with van der Waals surface area (Å²) in [5.41, 5.74) is 9.83. The first kappa shape index (κ1) is 15.4. The lowest BCUT2D eigenvalue weighted by Gasteiger charge is -2.26. The highest BCUT2D eigenvalue weighted by molar-refractivity contribution is 5.81. The van der Waals surface area contributed by atoms with Crippen molar-refractivity contribution in [3.63, 3.8) is 0 Å². The molecule has 0 saturated heterocycles. The third-order valence-electron chi connectivity index (χ3n) is 3.32. The van der Waals surface area contributed by atoms with Gasteiger partial charge in [-0.05, 0) is 24.3 Å². The Bertz CT molecular complexity index is 532. The van der Waals surface area contributed by atoms with E-state index in [4.69, 9.17) is 19.6 Å². The molecule has 0 unspecified atom stereocenters. The number of hydrogen-bond acceptors (Lipinski definition) is 5. The molecule has 0 saturated carbocycles. The fraction of sp³-hybridized carbons (Fsp3) is 0.375. The minimum absolute atomic E-state index is 0.652. The van der Waals surface area contributed by atoms with Crippen LogP contribution in [0.2, 0.25) is 0 Å². The number of nitrogens with two attached hydrogens (primary N) is 1. The minimum atomic E-state index is 0.652. The lowest BCUT2D eigenvalue weighted by atomic mass is 10.0. The maximum Gasteiger partial charge on any atom is 0.0981 e. The summed E-state index contributed by atoms with van der Waals surface area (Å²) in [7, 11) is 3.41. The standard InChI is InChI=1S/C16H22N2O3/c1-19-9-6-18(7-10-20-2)16-4-3-14(17)11-15(16)13-5-8-21-12-13/h3-5,8,11-12H,6-7,9-10,17H2,1-2H3. The van der Waals surface area contributed by atoms with Crippen molar-refractivity contribution in [2.45, 2.75) is 0 Å². The minimum Gasteiger partial charge on any atom is -0.472 e. The van der Waals surface area contributed by atoms with Gasteiger partial charge in [0.2, 0.25) is 0 Å². The van der Waals surface area contributed by atoms with Gasteiger partial charge in [-0.25, -0.2) is 0 Å². The SMILES string of the molecule is COCCN(CCOC)c1ccc(N)cc1-c1ccoc1. The van der Waals surface area contributed by atoms with Gasteiger partial charge in [0, 0.05) is 49.8 Å². The van der Waals surface area contributed by atoms with Crippen LogP contribution >= 0.6 is 0 Å². The highest BCUT2D eigenvalue weighted by Crippen LogP contribution is 2.33. The van der Waals surface area contributed by atoms with Crippen LogP contribution in [0, 0.1) is 0 Å². The number of nitrogen functional groups attached to an aromatic ring is 1. The van der Waals surface area contributed by atoms with Crippen molar-refractivity contribution in [3.05, 3.63) is 36.8 Å². The van der Waals surface area contributed by atoms with E-state index in [-0.39, 0.29) is 0 Å². The van der Waals surface area contributed by atoms with Gasteiger partial charge in [-0.15, -0.1) is 0 Å². The molecule has 2 N–H and O–H groups in total. The molecule has 0 fully saturated rings. The highest BCUT2D eigenvalue weighted by Gasteiger charge is 2.13. The lowest BCUT2D eigenvalue weighted by Crippen LogP contribution is -2.31. The van der Waals surface area contributed by atoms with Crippen molar-refractivity contribution in [2.24, 2.45) is 0 Å². The summed E-state index contributed by atoms with van der Waals surface area (Å²) in [5, 5.41) is 0. The van der Waals surface area contributed by atoms with E-state index in [2.05, 4.69) is 4.90 Å². The molecule has 5 nitrogen and oxygen atoms in total. The van der Waals surface area contributed by atoms with Crippen molar-refractivity contribution in [3.8, 4) is 11.1 Å². The number of benzene rings is 1. The summed E-state index contributed by atoms with van der Waals surface area (Å²) in [5.74, 6) is 0. The molecule has 21 heavy (non-hydrogen) atoms. The Morgan fingerprint density at radius 1 is 1.10 bits per heavy atom. The van der Waals surface area contributed by atoms with E-state index < -0.39 is 0 Å². The summed E-state index contributed by atoms with van der Waals surface area (Å²) >= 11 is 0. The van der Waals surface area contributed by atoms with Crippen molar-refractivity contribution < 1.29 is 13.9 Å². The molecule has 1 aromatic carbocycles. The van der Waals surface area contributed by atoms with E-state index in [0.717, 1.165) is 35.6 Å². The Kier molecular flexibility index (Phi) is 5.66. The Labute approximate surface area is 125 Å². The van der Waals surface area contributed by atoms with Gasteiger partial charge in [-0.3, -0.25) is 0 Å². The first-order valence-corrected chi connectivity index (χ1v) is 6.91. The quantitative estimate of drug-likeness (QED) is 0.757. The van der Waals surface area contributed by atoms with E-state index >= 15 is 0 Å². The predicted octanol–water partition coefficient (Wildman–Crippen LogP) is 2.63. The van der Waals surface area contributed by atoms with Gasteiger partial charge in [0.15, 0.2) is 0 Å². The second-order valence-electron chi connectivity index (χ2n) is 4.76. The third kappa shape index (κ3) is 4.00. The normalized spacial score (nSPS) is 10.8. The zero-order chi connectivity index (χ0) is 15.1. The average molecular weight is 290 g/mol. The number of nitrogens with zero attached hydrogens (tertiary/aromatic N) is 1. The predicted molar refractivity (Wildman–Crippen MR) is 84.5 cm³/mol. The van der Waals surface area contributed by atoms with Crippen LogP contribution in [0.15, 0.2) is 41.2 Å². The molecule has 114 valence electrons. The molecule has 2 aromatic rings. The molecular formula is C16H22N2O3. The molecule has 0 aliphatic carbocycles. The van der Waals surface area contributed by atoms with E-state index in [1.54, 1.807) is 26.7 Å². The van der Waals surface area contributed by atoms with E-state index in [1.165, 1.54) is 0 Å². The Morgan fingerprint density at radius 3 is 2.38 bits per heavy atom. The van der Waals surface area contributed by atoms with E-state index in [1.807, 2.05) is 24.3 Å². The van der Waals surface area contributed by atoms with Crippen LogP contribution in [0.4, 0.5) is 11.4 Å². The van der Waals surface area contributed by atoms with Crippen LogP contribution in [0.25, 0.3) is 11.1 Å². The fourth-order valence-electron chi connectivity index (χ4n) is 2.23. The van der Waals surface area contributed by atoms with Crippen molar-refractivity contribution >= 4 is 11.4 Å². The summed E-state index contributed by atoms with van der Waals surface area (Å²) in [6.45, 7) is 2.88. The van der Waals surface area contributed by atoms with Gasteiger partial charge in [-0.1, -0.05) is 0 Å². The second-order valence-corrected chi connectivity index (χ2v) is 4.76. The molecule has 0 aliphatic heterocycles. The van der Waals surface area contributed by atoms with E-state index in [9.17, 15) is 0 Å². The molecule has 0 atom stereocenters. The van der Waals surface area contributed by atoms with Crippen molar-refractivity contribution in [2.75, 3.05) is 51.2 Å². The topological polar surface area (TPSA) is 60.9 Å². The van der Waals surface area contributed by atoms with Gasteiger partial charge in [0.1, 0.15) is 0 Å². The Hall–Kier alpha value is -1.98. The Balaban J connectivity index is 2.34. The van der Waals surface area contributed by atoms with Crippen LogP contribution < -0.4 is 10.6 Å². The number of ether oxygens (including phenoxy) is 2. The number of anilines is 2. The number of furan rings is 1. The fourth-order valence-corrected chi connectivity index (χ4v) is 2.23. The third-order valence-corrected chi connectivity index (χ3v) is 3.32. The summed E-state index contributed by atoms with van der Waals surface area (Å²) in [6.07, 6.45) is 3.39. The number of methoxy groups -OCH3 is 2. The molecule has 0 bridgehead atoms. The smallest absolute Gasteiger partial charge is 0.0981 e. The monoisotopic (exact) mass is 290 g/mol. The zero-order valence-electron chi connectivity index (χ0n) is 12.5. The largest absolute Gasteiger partial charge is 0.472 e. The van der Waals surface area contributed by atoms with Crippen LogP contribution in [-0.4, -0.2) is 40.5 Å². The first-order chi connectivity index (χ1) is 10.3. The summed E-state index contributed by atoms with van der Waals surface area (Å²) in [4.78, 5) is 2.23. The van der Waals surface area contributed by atoms with Crippen LogP contribution in [0.1, 0.15) is 0 Å². The number of hydrogen-bond donors (Lipinski definition) is 1.